The third kappa shape index (κ3) is 4.79. The first-order chi connectivity index (χ1) is 16.8. The van der Waals surface area contributed by atoms with Crippen molar-refractivity contribution in [1.29, 1.82) is 0 Å². The van der Waals surface area contributed by atoms with Gasteiger partial charge in [-0.1, -0.05) is 24.3 Å². The molecule has 2 aromatic heterocycles. The van der Waals surface area contributed by atoms with Gasteiger partial charge in [0.25, 0.3) is 0 Å². The Labute approximate surface area is 199 Å². The van der Waals surface area contributed by atoms with Gasteiger partial charge in [0.1, 0.15) is 5.82 Å². The number of benzene rings is 1. The number of carbonyl (C=O) groups is 2. The maximum atomic E-state index is 12.9. The molecule has 0 atom stereocenters. The standard InChI is InChI=1S/C25H24F3N5O2/c26-25(27,28)18-5-6-22(30-13-18)33-12-11-31(16-24(33)35)15-23(34)32-9-7-17(8-10-32)20-14-29-21-4-2-1-3-19(20)21/h1-7,13-14,29H,8-12,15-16H2. The molecule has 0 saturated carbocycles. The van der Waals surface area contributed by atoms with Gasteiger partial charge in [0, 0.05) is 55.0 Å². The summed E-state index contributed by atoms with van der Waals surface area (Å²) in [6.45, 7) is 1.94. The van der Waals surface area contributed by atoms with Gasteiger partial charge in [-0.3, -0.25) is 19.4 Å². The van der Waals surface area contributed by atoms with Gasteiger partial charge >= 0.3 is 6.18 Å². The molecule has 0 unspecified atom stereocenters. The number of hydrogen-bond acceptors (Lipinski definition) is 4. The van der Waals surface area contributed by atoms with Gasteiger partial charge in [0.15, 0.2) is 0 Å². The number of carbonyl (C=O) groups excluding carboxylic acids is 2. The van der Waals surface area contributed by atoms with Crippen molar-refractivity contribution in [3.8, 4) is 0 Å². The van der Waals surface area contributed by atoms with E-state index in [1.54, 1.807) is 9.80 Å². The van der Waals surface area contributed by atoms with Crippen molar-refractivity contribution in [3.05, 3.63) is 66.0 Å². The highest BCUT2D eigenvalue weighted by Crippen LogP contribution is 2.30. The Balaban J connectivity index is 1.16. The maximum absolute atomic E-state index is 12.9. The third-order valence-electron chi connectivity index (χ3n) is 6.51. The molecule has 4 heterocycles. The smallest absolute Gasteiger partial charge is 0.361 e. The normalized spacial score (nSPS) is 17.7. The molecule has 0 spiro atoms. The lowest BCUT2D eigenvalue weighted by molar-refractivity contribution is -0.138. The first kappa shape index (κ1) is 23.1. The lowest BCUT2D eigenvalue weighted by atomic mass is 9.99. The van der Waals surface area contributed by atoms with Crippen LogP contribution in [0.4, 0.5) is 19.0 Å². The van der Waals surface area contributed by atoms with E-state index in [4.69, 9.17) is 0 Å². The molecule has 7 nitrogen and oxygen atoms in total. The Morgan fingerprint density at radius 3 is 2.60 bits per heavy atom. The number of amides is 2. The molecule has 5 rings (SSSR count). The number of fused-ring (bicyclic) bond motifs is 1. The van der Waals surface area contributed by atoms with E-state index in [0.717, 1.165) is 35.2 Å². The summed E-state index contributed by atoms with van der Waals surface area (Å²) in [7, 11) is 0. The molecule has 182 valence electrons. The van der Waals surface area contributed by atoms with E-state index in [0.29, 0.717) is 19.6 Å². The monoisotopic (exact) mass is 483 g/mol. The summed E-state index contributed by atoms with van der Waals surface area (Å²) >= 11 is 0. The van der Waals surface area contributed by atoms with Crippen LogP contribution in [0.2, 0.25) is 0 Å². The molecule has 2 aliphatic rings. The number of piperazine rings is 1. The van der Waals surface area contributed by atoms with Gasteiger partial charge in [-0.15, -0.1) is 0 Å². The number of alkyl halides is 3. The average Bonchev–Trinajstić information content (AvgIpc) is 3.28. The molecule has 1 fully saturated rings. The van der Waals surface area contributed by atoms with E-state index < -0.39 is 11.7 Å². The van der Waals surface area contributed by atoms with Crippen LogP contribution in [-0.4, -0.2) is 70.9 Å². The zero-order valence-corrected chi connectivity index (χ0v) is 18.9. The number of rotatable bonds is 4. The second kappa shape index (κ2) is 9.18. The molecule has 0 radical (unpaired) electrons. The van der Waals surface area contributed by atoms with Crippen LogP contribution in [0.3, 0.4) is 0 Å². The third-order valence-corrected chi connectivity index (χ3v) is 6.51. The van der Waals surface area contributed by atoms with Crippen molar-refractivity contribution in [2.75, 3.05) is 44.2 Å². The largest absolute Gasteiger partial charge is 0.417 e. The summed E-state index contributed by atoms with van der Waals surface area (Å²) in [5.74, 6) is -0.162. The van der Waals surface area contributed by atoms with E-state index in [1.807, 2.05) is 24.4 Å². The first-order valence-corrected chi connectivity index (χ1v) is 11.4. The highest BCUT2D eigenvalue weighted by atomic mass is 19.4. The Hall–Kier alpha value is -3.66. The average molecular weight is 483 g/mol. The van der Waals surface area contributed by atoms with Crippen molar-refractivity contribution >= 4 is 34.1 Å². The predicted molar refractivity (Wildman–Crippen MR) is 126 cm³/mol. The molecule has 1 aromatic carbocycles. The first-order valence-electron chi connectivity index (χ1n) is 11.4. The van der Waals surface area contributed by atoms with Gasteiger partial charge < -0.3 is 9.88 Å². The van der Waals surface area contributed by atoms with E-state index >= 15 is 0 Å². The van der Waals surface area contributed by atoms with Crippen LogP contribution in [0.25, 0.3) is 16.5 Å². The predicted octanol–water partition coefficient (Wildman–Crippen LogP) is 3.55. The number of anilines is 1. The highest BCUT2D eigenvalue weighted by Gasteiger charge is 2.32. The van der Waals surface area contributed by atoms with Crippen molar-refractivity contribution in [2.24, 2.45) is 0 Å². The number of nitrogens with zero attached hydrogens (tertiary/aromatic N) is 4. The summed E-state index contributed by atoms with van der Waals surface area (Å²) in [4.78, 5) is 37.5. The van der Waals surface area contributed by atoms with Gasteiger partial charge in [-0.25, -0.2) is 4.98 Å². The summed E-state index contributed by atoms with van der Waals surface area (Å²) in [6, 6.07) is 10.2. The number of H-pyrrole nitrogens is 1. The minimum Gasteiger partial charge on any atom is -0.361 e. The van der Waals surface area contributed by atoms with Gasteiger partial charge in [-0.2, -0.15) is 13.2 Å². The highest BCUT2D eigenvalue weighted by molar-refractivity contribution is 5.95. The van der Waals surface area contributed by atoms with E-state index in [9.17, 15) is 22.8 Å². The molecule has 0 bridgehead atoms. The Bertz CT molecular complexity index is 1280. The van der Waals surface area contributed by atoms with Gasteiger partial charge in [-0.05, 0) is 30.2 Å². The van der Waals surface area contributed by atoms with Crippen LogP contribution < -0.4 is 4.90 Å². The van der Waals surface area contributed by atoms with Crippen LogP contribution in [0, 0.1) is 0 Å². The zero-order chi connectivity index (χ0) is 24.6. The van der Waals surface area contributed by atoms with Crippen molar-refractivity contribution in [2.45, 2.75) is 12.6 Å². The van der Waals surface area contributed by atoms with Crippen LogP contribution in [0.5, 0.6) is 0 Å². The molecule has 2 aliphatic heterocycles. The van der Waals surface area contributed by atoms with E-state index in [2.05, 4.69) is 22.1 Å². The zero-order valence-electron chi connectivity index (χ0n) is 18.9. The molecule has 0 aliphatic carbocycles. The minimum atomic E-state index is -4.48. The number of para-hydroxylation sites is 1. The van der Waals surface area contributed by atoms with Crippen molar-refractivity contribution < 1.29 is 22.8 Å². The second-order valence-corrected chi connectivity index (χ2v) is 8.73. The number of nitrogens with one attached hydrogen (secondary N) is 1. The SMILES string of the molecule is O=C(CN1CCN(c2ccc(C(F)(F)F)cn2)C(=O)C1)N1CC=C(c2c[nH]c3ccccc23)CC1. The maximum Gasteiger partial charge on any atom is 0.417 e. The van der Waals surface area contributed by atoms with E-state index in [1.165, 1.54) is 16.5 Å². The molecule has 10 heteroatoms. The molecule has 35 heavy (non-hydrogen) atoms. The lowest BCUT2D eigenvalue weighted by Gasteiger charge is -2.35. The van der Waals surface area contributed by atoms with Crippen LogP contribution in [0.1, 0.15) is 17.5 Å². The number of hydrogen-bond donors (Lipinski definition) is 1. The number of pyridine rings is 1. The fourth-order valence-electron chi connectivity index (χ4n) is 4.58. The molecular weight excluding hydrogens is 459 g/mol. The Morgan fingerprint density at radius 2 is 1.91 bits per heavy atom. The molecule has 1 N–H and O–H groups in total. The minimum absolute atomic E-state index is 0.0126. The summed E-state index contributed by atoms with van der Waals surface area (Å²) < 4.78 is 38.3. The van der Waals surface area contributed by atoms with Gasteiger partial charge in [0.2, 0.25) is 11.8 Å². The quantitative estimate of drug-likeness (QED) is 0.616. The Morgan fingerprint density at radius 1 is 1.09 bits per heavy atom. The topological polar surface area (TPSA) is 72.5 Å². The van der Waals surface area contributed by atoms with E-state index in [-0.39, 0.29) is 37.3 Å². The molecule has 3 aromatic rings. The summed E-state index contributed by atoms with van der Waals surface area (Å²) in [6.07, 6.45) is 1.09. The second-order valence-electron chi connectivity index (χ2n) is 8.73. The summed E-state index contributed by atoms with van der Waals surface area (Å²) in [5, 5.41) is 1.16. The lowest BCUT2D eigenvalue weighted by Crippen LogP contribution is -2.53. The van der Waals surface area contributed by atoms with Crippen molar-refractivity contribution in [1.82, 2.24) is 19.8 Å². The van der Waals surface area contributed by atoms with Crippen LogP contribution in [-0.2, 0) is 15.8 Å². The Kier molecular flexibility index (Phi) is 6.06. The molecular formula is C25H24F3N5O2. The number of aromatic amines is 1. The fraction of sp³-hybridized carbons (Fsp3) is 0.320. The van der Waals surface area contributed by atoms with Crippen molar-refractivity contribution in [3.63, 3.8) is 0 Å². The number of halogens is 3. The van der Waals surface area contributed by atoms with Gasteiger partial charge in [0.05, 0.1) is 18.7 Å². The van der Waals surface area contributed by atoms with Crippen LogP contribution in [0.15, 0.2) is 54.9 Å². The van der Waals surface area contributed by atoms with Crippen LogP contribution >= 0.6 is 0 Å². The molecule has 2 amide bonds. The molecule has 1 saturated heterocycles. The fourth-order valence-corrected chi connectivity index (χ4v) is 4.58. The summed E-state index contributed by atoms with van der Waals surface area (Å²) in [5.41, 5.74) is 2.59. The number of aromatic nitrogens is 2.